The van der Waals surface area contributed by atoms with E-state index in [2.05, 4.69) is 4.98 Å². The highest BCUT2D eigenvalue weighted by Crippen LogP contribution is 2.29. The Morgan fingerprint density at radius 3 is 2.52 bits per heavy atom. The Bertz CT molecular complexity index is 888. The summed E-state index contributed by atoms with van der Waals surface area (Å²) >= 11 is 12.1. The largest absolute Gasteiger partial charge is 0.462 e. The van der Waals surface area contributed by atoms with E-state index in [9.17, 15) is 4.79 Å². The SMILES string of the molecule is CCOC(=O)c1c(Cc2ccc(Cl)c(Cl)c2)c[nH]c1-c1ccccc1. The zero-order valence-corrected chi connectivity index (χ0v) is 15.2. The molecule has 25 heavy (non-hydrogen) atoms. The number of aromatic amines is 1. The maximum absolute atomic E-state index is 12.5. The molecule has 3 rings (SSSR count). The van der Waals surface area contributed by atoms with E-state index in [-0.39, 0.29) is 5.97 Å². The summed E-state index contributed by atoms with van der Waals surface area (Å²) in [5.41, 5.74) is 4.08. The molecule has 1 aromatic heterocycles. The van der Waals surface area contributed by atoms with Crippen LogP contribution in [0.15, 0.2) is 54.7 Å². The number of H-pyrrole nitrogens is 1. The van der Waals surface area contributed by atoms with Gasteiger partial charge in [-0.25, -0.2) is 4.79 Å². The van der Waals surface area contributed by atoms with Crippen molar-refractivity contribution in [2.75, 3.05) is 6.61 Å². The van der Waals surface area contributed by atoms with Crippen molar-refractivity contribution < 1.29 is 9.53 Å². The van der Waals surface area contributed by atoms with E-state index >= 15 is 0 Å². The Balaban J connectivity index is 2.02. The van der Waals surface area contributed by atoms with Crippen LogP contribution in [0.2, 0.25) is 10.0 Å². The smallest absolute Gasteiger partial charge is 0.340 e. The first-order valence-corrected chi connectivity index (χ1v) is 8.72. The molecule has 0 aliphatic carbocycles. The number of ether oxygens (including phenoxy) is 1. The number of rotatable bonds is 5. The highest BCUT2D eigenvalue weighted by molar-refractivity contribution is 6.42. The number of aromatic nitrogens is 1. The van der Waals surface area contributed by atoms with Crippen LogP contribution in [0.5, 0.6) is 0 Å². The molecule has 0 spiro atoms. The lowest BCUT2D eigenvalue weighted by Crippen LogP contribution is -2.08. The van der Waals surface area contributed by atoms with Gasteiger partial charge in [-0.15, -0.1) is 0 Å². The molecule has 0 radical (unpaired) electrons. The monoisotopic (exact) mass is 373 g/mol. The maximum atomic E-state index is 12.5. The van der Waals surface area contributed by atoms with Crippen LogP contribution in [0.1, 0.15) is 28.4 Å². The van der Waals surface area contributed by atoms with Crippen LogP contribution < -0.4 is 0 Å². The van der Waals surface area contributed by atoms with Crippen molar-refractivity contribution in [3.05, 3.63) is 81.5 Å². The van der Waals surface area contributed by atoms with Crippen molar-refractivity contribution in [3.63, 3.8) is 0 Å². The van der Waals surface area contributed by atoms with Crippen molar-refractivity contribution in [1.29, 1.82) is 0 Å². The summed E-state index contributed by atoms with van der Waals surface area (Å²) in [6.07, 6.45) is 2.39. The fourth-order valence-corrected chi connectivity index (χ4v) is 3.06. The zero-order valence-electron chi connectivity index (χ0n) is 13.7. The molecule has 0 amide bonds. The second-order valence-corrected chi connectivity index (χ2v) is 6.39. The number of benzene rings is 2. The minimum atomic E-state index is -0.335. The Morgan fingerprint density at radius 2 is 1.84 bits per heavy atom. The average Bonchev–Trinajstić information content (AvgIpc) is 3.03. The van der Waals surface area contributed by atoms with E-state index < -0.39 is 0 Å². The van der Waals surface area contributed by atoms with Crippen molar-refractivity contribution in [2.45, 2.75) is 13.3 Å². The van der Waals surface area contributed by atoms with Gasteiger partial charge in [-0.05, 0) is 42.2 Å². The molecule has 2 aromatic carbocycles. The van der Waals surface area contributed by atoms with Crippen LogP contribution in [0.4, 0.5) is 0 Å². The molecule has 5 heteroatoms. The van der Waals surface area contributed by atoms with E-state index in [0.29, 0.717) is 28.6 Å². The lowest BCUT2D eigenvalue weighted by Gasteiger charge is -2.08. The fraction of sp³-hybridized carbons (Fsp3) is 0.150. The van der Waals surface area contributed by atoms with Gasteiger partial charge in [-0.3, -0.25) is 0 Å². The predicted octanol–water partition coefficient (Wildman–Crippen LogP) is 5.76. The van der Waals surface area contributed by atoms with Crippen molar-refractivity contribution in [3.8, 4) is 11.3 Å². The molecule has 0 unspecified atom stereocenters. The average molecular weight is 374 g/mol. The Labute approximate surface area is 156 Å². The molecular weight excluding hydrogens is 357 g/mol. The Kier molecular flexibility index (Phi) is 5.47. The maximum Gasteiger partial charge on any atom is 0.340 e. The third kappa shape index (κ3) is 3.89. The number of carbonyl (C=O) groups is 1. The highest BCUT2D eigenvalue weighted by atomic mass is 35.5. The molecule has 0 aliphatic rings. The van der Waals surface area contributed by atoms with Gasteiger partial charge >= 0.3 is 5.97 Å². The highest BCUT2D eigenvalue weighted by Gasteiger charge is 2.21. The van der Waals surface area contributed by atoms with Crippen LogP contribution in [-0.4, -0.2) is 17.6 Å². The number of halogens is 2. The van der Waals surface area contributed by atoms with Gasteiger partial charge in [-0.1, -0.05) is 59.6 Å². The first-order chi connectivity index (χ1) is 12.1. The number of hydrogen-bond donors (Lipinski definition) is 1. The normalized spacial score (nSPS) is 10.7. The third-order valence-corrected chi connectivity index (χ3v) is 4.62. The van der Waals surface area contributed by atoms with Gasteiger partial charge in [0.2, 0.25) is 0 Å². The van der Waals surface area contributed by atoms with E-state index in [1.54, 1.807) is 13.0 Å². The Morgan fingerprint density at radius 1 is 1.08 bits per heavy atom. The first kappa shape index (κ1) is 17.6. The number of esters is 1. The third-order valence-electron chi connectivity index (χ3n) is 3.88. The first-order valence-electron chi connectivity index (χ1n) is 7.97. The lowest BCUT2D eigenvalue weighted by atomic mass is 10.00. The zero-order chi connectivity index (χ0) is 17.8. The summed E-state index contributed by atoms with van der Waals surface area (Å²) in [7, 11) is 0. The van der Waals surface area contributed by atoms with Gasteiger partial charge in [0, 0.05) is 6.20 Å². The number of nitrogens with one attached hydrogen (secondary N) is 1. The second kappa shape index (κ2) is 7.77. The minimum absolute atomic E-state index is 0.324. The number of hydrogen-bond acceptors (Lipinski definition) is 2. The van der Waals surface area contributed by atoms with E-state index in [0.717, 1.165) is 22.4 Å². The summed E-state index contributed by atoms with van der Waals surface area (Å²) in [5, 5.41) is 1.01. The van der Waals surface area contributed by atoms with E-state index in [1.165, 1.54) is 0 Å². The lowest BCUT2D eigenvalue weighted by molar-refractivity contribution is 0.0526. The fourth-order valence-electron chi connectivity index (χ4n) is 2.74. The quantitative estimate of drug-likeness (QED) is 0.577. The van der Waals surface area contributed by atoms with Crippen LogP contribution in [0.3, 0.4) is 0 Å². The second-order valence-electron chi connectivity index (χ2n) is 5.58. The molecule has 3 nitrogen and oxygen atoms in total. The van der Waals surface area contributed by atoms with Crippen LogP contribution in [-0.2, 0) is 11.2 Å². The van der Waals surface area contributed by atoms with Crippen molar-refractivity contribution in [1.82, 2.24) is 4.98 Å². The van der Waals surface area contributed by atoms with Crippen molar-refractivity contribution >= 4 is 29.2 Å². The molecular formula is C20H17Cl2NO2. The molecule has 0 aliphatic heterocycles. The van der Waals surface area contributed by atoms with E-state index in [1.807, 2.05) is 48.7 Å². The molecule has 0 saturated heterocycles. The predicted molar refractivity (Wildman–Crippen MR) is 101 cm³/mol. The minimum Gasteiger partial charge on any atom is -0.462 e. The summed E-state index contributed by atoms with van der Waals surface area (Å²) in [5.74, 6) is -0.335. The molecule has 0 saturated carbocycles. The summed E-state index contributed by atoms with van der Waals surface area (Å²) in [4.78, 5) is 15.8. The van der Waals surface area contributed by atoms with Crippen LogP contribution >= 0.6 is 23.2 Å². The number of carbonyl (C=O) groups excluding carboxylic acids is 1. The molecule has 128 valence electrons. The summed E-state index contributed by atoms with van der Waals surface area (Å²) in [6, 6.07) is 15.2. The van der Waals surface area contributed by atoms with Gasteiger partial charge in [0.1, 0.15) is 0 Å². The van der Waals surface area contributed by atoms with Gasteiger partial charge in [0.25, 0.3) is 0 Å². The molecule has 1 heterocycles. The Hall–Kier alpha value is -2.23. The molecule has 1 N–H and O–H groups in total. The van der Waals surface area contributed by atoms with Gasteiger partial charge < -0.3 is 9.72 Å². The van der Waals surface area contributed by atoms with E-state index in [4.69, 9.17) is 27.9 Å². The van der Waals surface area contributed by atoms with Gasteiger partial charge in [0.05, 0.1) is 27.9 Å². The molecule has 0 fully saturated rings. The van der Waals surface area contributed by atoms with Gasteiger partial charge in [-0.2, -0.15) is 0 Å². The standard InChI is InChI=1S/C20H17Cl2NO2/c1-2-25-20(24)18-15(10-13-8-9-16(21)17(22)11-13)12-23-19(18)14-6-4-3-5-7-14/h3-9,11-12,23H,2,10H2,1H3. The van der Waals surface area contributed by atoms with Crippen LogP contribution in [0, 0.1) is 0 Å². The van der Waals surface area contributed by atoms with Crippen LogP contribution in [0.25, 0.3) is 11.3 Å². The topological polar surface area (TPSA) is 42.1 Å². The van der Waals surface area contributed by atoms with Gasteiger partial charge in [0.15, 0.2) is 0 Å². The summed E-state index contributed by atoms with van der Waals surface area (Å²) < 4.78 is 5.26. The van der Waals surface area contributed by atoms with Crippen molar-refractivity contribution in [2.24, 2.45) is 0 Å². The molecule has 0 bridgehead atoms. The molecule has 0 atom stereocenters. The summed E-state index contributed by atoms with van der Waals surface area (Å²) in [6.45, 7) is 2.12. The molecule has 3 aromatic rings.